The van der Waals surface area contributed by atoms with E-state index in [2.05, 4.69) is 9.55 Å². The molecule has 0 aliphatic carbocycles. The van der Waals surface area contributed by atoms with Crippen molar-refractivity contribution in [2.45, 2.75) is 25.4 Å². The number of nitrogens with zero attached hydrogens (tertiary/aromatic N) is 2. The molecule has 0 bridgehead atoms. The summed E-state index contributed by atoms with van der Waals surface area (Å²) < 4.78 is 2.17. The summed E-state index contributed by atoms with van der Waals surface area (Å²) in [5.74, 6) is 0. The van der Waals surface area contributed by atoms with Crippen molar-refractivity contribution in [1.82, 2.24) is 9.55 Å². The van der Waals surface area contributed by atoms with E-state index in [-0.39, 0.29) is 0 Å². The van der Waals surface area contributed by atoms with E-state index in [9.17, 15) is 0 Å². The van der Waals surface area contributed by atoms with Crippen LogP contribution in [0.4, 0.5) is 0 Å². The molecule has 0 fully saturated rings. The van der Waals surface area contributed by atoms with Crippen LogP contribution in [-0.2, 0) is 13.0 Å². The standard InChI is InChI=1S/C7H11N3/c8-6-1-2-10-5-9-4-7(10)3-6/h4-6H,1-3,8H2/t6-/m0/s1. The summed E-state index contributed by atoms with van der Waals surface area (Å²) in [6, 6.07) is 0.351. The smallest absolute Gasteiger partial charge is 0.0948 e. The minimum atomic E-state index is 0.351. The van der Waals surface area contributed by atoms with Crippen LogP contribution >= 0.6 is 0 Å². The van der Waals surface area contributed by atoms with Crippen LogP contribution in [0.3, 0.4) is 0 Å². The van der Waals surface area contributed by atoms with Crippen LogP contribution in [-0.4, -0.2) is 15.6 Å². The number of hydrogen-bond donors (Lipinski definition) is 1. The van der Waals surface area contributed by atoms with Gasteiger partial charge in [-0.05, 0) is 6.42 Å². The van der Waals surface area contributed by atoms with Gasteiger partial charge in [-0.3, -0.25) is 0 Å². The van der Waals surface area contributed by atoms with Crippen molar-refractivity contribution in [3.8, 4) is 0 Å². The summed E-state index contributed by atoms with van der Waals surface area (Å²) in [5, 5.41) is 0. The van der Waals surface area contributed by atoms with Gasteiger partial charge in [0.1, 0.15) is 0 Å². The number of imidazole rings is 1. The zero-order chi connectivity index (χ0) is 6.97. The molecule has 0 saturated heterocycles. The fraction of sp³-hybridized carbons (Fsp3) is 0.571. The molecule has 0 unspecified atom stereocenters. The number of aryl methyl sites for hydroxylation is 1. The van der Waals surface area contributed by atoms with Crippen LogP contribution < -0.4 is 5.73 Å². The third kappa shape index (κ3) is 0.827. The van der Waals surface area contributed by atoms with Gasteiger partial charge in [0, 0.05) is 30.9 Å². The van der Waals surface area contributed by atoms with Crippen molar-refractivity contribution in [3.05, 3.63) is 18.2 Å². The maximum atomic E-state index is 5.77. The Labute approximate surface area is 59.9 Å². The largest absolute Gasteiger partial charge is 0.334 e. The van der Waals surface area contributed by atoms with E-state index in [1.165, 1.54) is 5.69 Å². The van der Waals surface area contributed by atoms with Gasteiger partial charge in [-0.1, -0.05) is 0 Å². The van der Waals surface area contributed by atoms with Crippen molar-refractivity contribution in [2.75, 3.05) is 0 Å². The lowest BCUT2D eigenvalue weighted by Crippen LogP contribution is -2.30. The number of aromatic nitrogens is 2. The van der Waals surface area contributed by atoms with Gasteiger partial charge in [0.05, 0.1) is 6.33 Å². The average molecular weight is 137 g/mol. The van der Waals surface area contributed by atoms with E-state index >= 15 is 0 Å². The fourth-order valence-electron chi connectivity index (χ4n) is 1.40. The molecule has 2 rings (SSSR count). The second kappa shape index (κ2) is 2.09. The van der Waals surface area contributed by atoms with Crippen LogP contribution in [0.1, 0.15) is 12.1 Å². The highest BCUT2D eigenvalue weighted by atomic mass is 15.1. The van der Waals surface area contributed by atoms with Gasteiger partial charge in [-0.25, -0.2) is 4.98 Å². The van der Waals surface area contributed by atoms with Crippen molar-refractivity contribution < 1.29 is 0 Å². The van der Waals surface area contributed by atoms with Gasteiger partial charge < -0.3 is 10.3 Å². The summed E-state index contributed by atoms with van der Waals surface area (Å²) in [5.41, 5.74) is 7.04. The summed E-state index contributed by atoms with van der Waals surface area (Å²) in [4.78, 5) is 4.05. The van der Waals surface area contributed by atoms with Gasteiger partial charge in [-0.2, -0.15) is 0 Å². The predicted molar refractivity (Wildman–Crippen MR) is 38.5 cm³/mol. The minimum absolute atomic E-state index is 0.351. The Morgan fingerprint density at radius 2 is 2.60 bits per heavy atom. The Hall–Kier alpha value is -0.830. The molecular weight excluding hydrogens is 126 g/mol. The lowest BCUT2D eigenvalue weighted by Gasteiger charge is -2.19. The maximum absolute atomic E-state index is 5.77. The number of fused-ring (bicyclic) bond motifs is 1. The molecule has 0 saturated carbocycles. The second-order valence-electron chi connectivity index (χ2n) is 2.83. The SMILES string of the molecule is N[C@H]1CCn2cncc2C1. The lowest BCUT2D eigenvalue weighted by atomic mass is 10.1. The van der Waals surface area contributed by atoms with Gasteiger partial charge in [-0.15, -0.1) is 0 Å². The van der Waals surface area contributed by atoms with Crippen LogP contribution in [0.5, 0.6) is 0 Å². The van der Waals surface area contributed by atoms with E-state index in [1.54, 1.807) is 0 Å². The Morgan fingerprint density at radius 1 is 1.70 bits per heavy atom. The normalized spacial score (nSPS) is 24.3. The van der Waals surface area contributed by atoms with E-state index < -0.39 is 0 Å². The molecule has 2 heterocycles. The molecule has 2 N–H and O–H groups in total. The highest BCUT2D eigenvalue weighted by Gasteiger charge is 2.13. The Morgan fingerprint density at radius 3 is 3.50 bits per heavy atom. The van der Waals surface area contributed by atoms with Crippen LogP contribution in [0.15, 0.2) is 12.5 Å². The molecule has 0 radical (unpaired) electrons. The molecule has 1 aliphatic rings. The molecule has 1 atom stereocenters. The molecule has 1 aliphatic heterocycles. The quantitative estimate of drug-likeness (QED) is 0.553. The zero-order valence-corrected chi connectivity index (χ0v) is 5.83. The molecule has 10 heavy (non-hydrogen) atoms. The van der Waals surface area contributed by atoms with Crippen LogP contribution in [0.25, 0.3) is 0 Å². The lowest BCUT2D eigenvalue weighted by molar-refractivity contribution is 0.471. The highest BCUT2D eigenvalue weighted by molar-refractivity contribution is 5.03. The maximum Gasteiger partial charge on any atom is 0.0948 e. The molecule has 1 aromatic rings. The number of hydrogen-bond acceptors (Lipinski definition) is 2. The first-order valence-corrected chi connectivity index (χ1v) is 3.61. The molecule has 0 amide bonds. The highest BCUT2D eigenvalue weighted by Crippen LogP contribution is 2.11. The van der Waals surface area contributed by atoms with E-state index in [0.717, 1.165) is 19.4 Å². The minimum Gasteiger partial charge on any atom is -0.334 e. The topological polar surface area (TPSA) is 43.8 Å². The van der Waals surface area contributed by atoms with Crippen molar-refractivity contribution in [3.63, 3.8) is 0 Å². The van der Waals surface area contributed by atoms with Crippen molar-refractivity contribution >= 4 is 0 Å². The first-order chi connectivity index (χ1) is 4.86. The van der Waals surface area contributed by atoms with Gasteiger partial charge in [0.25, 0.3) is 0 Å². The Balaban J connectivity index is 2.30. The summed E-state index contributed by atoms with van der Waals surface area (Å²) in [6.45, 7) is 1.04. The molecule has 3 heteroatoms. The Bertz CT molecular complexity index is 229. The third-order valence-corrected chi connectivity index (χ3v) is 2.01. The zero-order valence-electron chi connectivity index (χ0n) is 5.83. The monoisotopic (exact) mass is 137 g/mol. The molecule has 54 valence electrons. The van der Waals surface area contributed by atoms with Crippen molar-refractivity contribution in [2.24, 2.45) is 5.73 Å². The number of rotatable bonds is 0. The van der Waals surface area contributed by atoms with Crippen molar-refractivity contribution in [1.29, 1.82) is 0 Å². The first-order valence-electron chi connectivity index (χ1n) is 3.61. The van der Waals surface area contributed by atoms with E-state index in [4.69, 9.17) is 5.73 Å². The Kier molecular flexibility index (Phi) is 1.24. The number of nitrogens with two attached hydrogens (primary N) is 1. The molecule has 1 aromatic heterocycles. The first kappa shape index (κ1) is 5.92. The van der Waals surface area contributed by atoms with Gasteiger partial charge >= 0.3 is 0 Å². The summed E-state index contributed by atoms with van der Waals surface area (Å²) in [7, 11) is 0. The molecular formula is C7H11N3. The second-order valence-corrected chi connectivity index (χ2v) is 2.83. The van der Waals surface area contributed by atoms with Crippen LogP contribution in [0, 0.1) is 0 Å². The van der Waals surface area contributed by atoms with Crippen LogP contribution in [0.2, 0.25) is 0 Å². The average Bonchev–Trinajstić information content (AvgIpc) is 2.33. The van der Waals surface area contributed by atoms with Gasteiger partial charge in [0.2, 0.25) is 0 Å². The van der Waals surface area contributed by atoms with Gasteiger partial charge in [0.15, 0.2) is 0 Å². The summed E-state index contributed by atoms with van der Waals surface area (Å²) >= 11 is 0. The fourth-order valence-corrected chi connectivity index (χ4v) is 1.40. The third-order valence-electron chi connectivity index (χ3n) is 2.01. The van der Waals surface area contributed by atoms with E-state index in [0.29, 0.717) is 6.04 Å². The predicted octanol–water partition coefficient (Wildman–Crippen LogP) is 0.157. The molecule has 0 aromatic carbocycles. The molecule has 0 spiro atoms. The van der Waals surface area contributed by atoms with E-state index in [1.807, 2.05) is 12.5 Å². The summed E-state index contributed by atoms with van der Waals surface area (Å²) in [6.07, 6.45) is 5.85. The molecule has 3 nitrogen and oxygen atoms in total.